The molecule has 1 heterocycles. The molecule has 2 N–H and O–H groups in total. The van der Waals surface area contributed by atoms with Crippen LogP contribution < -0.4 is 5.73 Å². The summed E-state index contributed by atoms with van der Waals surface area (Å²) in [5.74, 6) is -0.511. The largest absolute Gasteiger partial charge is 0.464 e. The van der Waals surface area contributed by atoms with Gasteiger partial charge in [-0.25, -0.2) is 4.79 Å². The van der Waals surface area contributed by atoms with Gasteiger partial charge < -0.3 is 10.5 Å². The summed E-state index contributed by atoms with van der Waals surface area (Å²) >= 11 is 0. The lowest BCUT2D eigenvalue weighted by Gasteiger charge is -1.93. The molecule has 0 aliphatic heterocycles. The number of nitrogens with zero attached hydrogens (tertiary/aromatic N) is 2. The van der Waals surface area contributed by atoms with Crippen LogP contribution in [0.1, 0.15) is 24.3 Å². The van der Waals surface area contributed by atoms with E-state index in [0.717, 1.165) is 0 Å². The van der Waals surface area contributed by atoms with E-state index in [1.54, 1.807) is 13.2 Å². The average molecular weight is 185 g/mol. The fourth-order valence-corrected chi connectivity index (χ4v) is 0.762. The molecule has 13 heavy (non-hydrogen) atoms. The van der Waals surface area contributed by atoms with Gasteiger partial charge in [0, 0.05) is 13.2 Å². The monoisotopic (exact) mass is 185 g/mol. The molecule has 0 aliphatic carbocycles. The quantitative estimate of drug-likeness (QED) is 0.657. The Labute approximate surface area is 77.5 Å². The lowest BCUT2D eigenvalue weighted by molar-refractivity contribution is 0.0594. The summed E-state index contributed by atoms with van der Waals surface area (Å²) in [6.07, 6.45) is 1.55. The normalized spacial score (nSPS) is 8.62. The summed E-state index contributed by atoms with van der Waals surface area (Å²) in [4.78, 5) is 10.9. The SMILES string of the molecule is CC.COC(=O)c1nn(C)cc1N. The first-order valence-electron chi connectivity index (χ1n) is 4.02. The second-order valence-electron chi connectivity index (χ2n) is 2.10. The van der Waals surface area contributed by atoms with Gasteiger partial charge >= 0.3 is 5.97 Å². The van der Waals surface area contributed by atoms with E-state index in [9.17, 15) is 4.79 Å². The lowest BCUT2D eigenvalue weighted by atomic mass is 10.4. The highest BCUT2D eigenvalue weighted by Crippen LogP contribution is 2.08. The van der Waals surface area contributed by atoms with E-state index in [4.69, 9.17) is 5.73 Å². The van der Waals surface area contributed by atoms with Crippen molar-refractivity contribution in [3.63, 3.8) is 0 Å². The van der Waals surface area contributed by atoms with Crippen LogP contribution in [0.2, 0.25) is 0 Å². The molecule has 0 amide bonds. The molecule has 5 heteroatoms. The minimum Gasteiger partial charge on any atom is -0.464 e. The number of hydrogen-bond donors (Lipinski definition) is 1. The van der Waals surface area contributed by atoms with Gasteiger partial charge in [-0.15, -0.1) is 0 Å². The molecule has 0 saturated carbocycles. The number of ether oxygens (including phenoxy) is 1. The highest BCUT2D eigenvalue weighted by Gasteiger charge is 2.13. The van der Waals surface area contributed by atoms with Gasteiger partial charge in [0.2, 0.25) is 0 Å². The molecule has 0 bridgehead atoms. The molecule has 0 aromatic carbocycles. The van der Waals surface area contributed by atoms with E-state index in [0.29, 0.717) is 5.69 Å². The number of nitrogen functional groups attached to an aromatic ring is 1. The Balaban J connectivity index is 0.000000671. The van der Waals surface area contributed by atoms with E-state index in [-0.39, 0.29) is 5.69 Å². The average Bonchev–Trinajstić information content (AvgIpc) is 2.47. The number of esters is 1. The number of aryl methyl sites for hydroxylation is 1. The number of nitrogens with two attached hydrogens (primary N) is 1. The van der Waals surface area contributed by atoms with Crippen LogP contribution in [0.15, 0.2) is 6.20 Å². The summed E-state index contributed by atoms with van der Waals surface area (Å²) in [5.41, 5.74) is 5.93. The van der Waals surface area contributed by atoms with Crippen LogP contribution in [-0.4, -0.2) is 22.9 Å². The standard InChI is InChI=1S/C6H9N3O2.C2H6/c1-9-3-4(7)5(8-9)6(10)11-2;1-2/h3H,7H2,1-2H3;1-2H3. The van der Waals surface area contributed by atoms with Crippen molar-refractivity contribution in [2.75, 3.05) is 12.8 Å². The van der Waals surface area contributed by atoms with Crippen LogP contribution in [0.5, 0.6) is 0 Å². The van der Waals surface area contributed by atoms with E-state index >= 15 is 0 Å². The van der Waals surface area contributed by atoms with Crippen LogP contribution in [0.25, 0.3) is 0 Å². The molecule has 0 atom stereocenters. The van der Waals surface area contributed by atoms with Crippen molar-refractivity contribution >= 4 is 11.7 Å². The molecule has 1 aromatic rings. The summed E-state index contributed by atoms with van der Waals surface area (Å²) in [6, 6.07) is 0. The van der Waals surface area contributed by atoms with Crippen molar-refractivity contribution in [2.45, 2.75) is 13.8 Å². The number of rotatable bonds is 1. The third-order valence-corrected chi connectivity index (χ3v) is 1.24. The number of aromatic nitrogens is 2. The number of carbonyl (C=O) groups excluding carboxylic acids is 1. The number of carbonyl (C=O) groups is 1. The van der Waals surface area contributed by atoms with Gasteiger partial charge in [-0.2, -0.15) is 5.10 Å². The van der Waals surface area contributed by atoms with Gasteiger partial charge in [0.25, 0.3) is 0 Å². The van der Waals surface area contributed by atoms with Gasteiger partial charge in [-0.1, -0.05) is 13.8 Å². The molecule has 1 rings (SSSR count). The molecule has 0 radical (unpaired) electrons. The molecule has 1 aromatic heterocycles. The molecule has 0 aliphatic rings. The predicted molar refractivity (Wildman–Crippen MR) is 50.3 cm³/mol. The van der Waals surface area contributed by atoms with Gasteiger partial charge in [0.1, 0.15) is 0 Å². The third-order valence-electron chi connectivity index (χ3n) is 1.24. The minimum absolute atomic E-state index is 0.162. The third kappa shape index (κ3) is 2.77. The Morgan fingerprint density at radius 1 is 1.62 bits per heavy atom. The van der Waals surface area contributed by atoms with Crippen molar-refractivity contribution in [2.24, 2.45) is 7.05 Å². The Morgan fingerprint density at radius 3 is 2.46 bits per heavy atom. The molecule has 0 saturated heterocycles. The first kappa shape index (κ1) is 11.5. The summed E-state index contributed by atoms with van der Waals surface area (Å²) in [5, 5.41) is 3.80. The molecule has 5 nitrogen and oxygen atoms in total. The van der Waals surface area contributed by atoms with E-state index in [1.165, 1.54) is 11.8 Å². The van der Waals surface area contributed by atoms with Gasteiger partial charge in [-0.05, 0) is 0 Å². The van der Waals surface area contributed by atoms with Gasteiger partial charge in [-0.3, -0.25) is 4.68 Å². The van der Waals surface area contributed by atoms with Gasteiger partial charge in [0.15, 0.2) is 5.69 Å². The van der Waals surface area contributed by atoms with Crippen LogP contribution in [0.3, 0.4) is 0 Å². The second-order valence-corrected chi connectivity index (χ2v) is 2.10. The number of methoxy groups -OCH3 is 1. The fourth-order valence-electron chi connectivity index (χ4n) is 0.762. The Bertz CT molecular complexity index is 281. The minimum atomic E-state index is -0.511. The smallest absolute Gasteiger partial charge is 0.360 e. The molecule has 74 valence electrons. The summed E-state index contributed by atoms with van der Waals surface area (Å²) < 4.78 is 5.90. The zero-order valence-electron chi connectivity index (χ0n) is 8.37. The number of anilines is 1. The van der Waals surface area contributed by atoms with Crippen LogP contribution >= 0.6 is 0 Å². The first-order chi connectivity index (χ1) is 6.15. The van der Waals surface area contributed by atoms with Crippen molar-refractivity contribution in [1.82, 2.24) is 9.78 Å². The second kappa shape index (κ2) is 5.18. The first-order valence-corrected chi connectivity index (χ1v) is 4.02. The Morgan fingerprint density at radius 2 is 2.15 bits per heavy atom. The van der Waals surface area contributed by atoms with Crippen molar-refractivity contribution < 1.29 is 9.53 Å². The fraction of sp³-hybridized carbons (Fsp3) is 0.500. The maximum atomic E-state index is 10.9. The number of hydrogen-bond acceptors (Lipinski definition) is 4. The van der Waals surface area contributed by atoms with E-state index in [2.05, 4.69) is 9.84 Å². The maximum Gasteiger partial charge on any atom is 0.360 e. The van der Waals surface area contributed by atoms with Crippen molar-refractivity contribution in [1.29, 1.82) is 0 Å². The molecular formula is C8H15N3O2. The van der Waals surface area contributed by atoms with Crippen LogP contribution in [0.4, 0.5) is 5.69 Å². The zero-order valence-corrected chi connectivity index (χ0v) is 8.37. The van der Waals surface area contributed by atoms with Crippen molar-refractivity contribution in [3.8, 4) is 0 Å². The predicted octanol–water partition coefficient (Wildman–Crippen LogP) is 0.815. The van der Waals surface area contributed by atoms with Crippen LogP contribution in [-0.2, 0) is 11.8 Å². The highest BCUT2D eigenvalue weighted by atomic mass is 16.5. The summed E-state index contributed by atoms with van der Waals surface area (Å²) in [6.45, 7) is 4.00. The maximum absolute atomic E-state index is 10.9. The molecule has 0 fully saturated rings. The Kier molecular flexibility index (Phi) is 4.58. The Hall–Kier alpha value is -1.52. The topological polar surface area (TPSA) is 70.1 Å². The van der Waals surface area contributed by atoms with E-state index < -0.39 is 5.97 Å². The zero-order chi connectivity index (χ0) is 10.4. The van der Waals surface area contributed by atoms with Crippen LogP contribution in [0, 0.1) is 0 Å². The summed E-state index contributed by atoms with van der Waals surface area (Å²) in [7, 11) is 2.97. The molecular weight excluding hydrogens is 170 g/mol. The molecule has 0 unspecified atom stereocenters. The van der Waals surface area contributed by atoms with Gasteiger partial charge in [0.05, 0.1) is 12.8 Å². The lowest BCUT2D eigenvalue weighted by Crippen LogP contribution is -2.05. The van der Waals surface area contributed by atoms with E-state index in [1.807, 2.05) is 13.8 Å². The molecule has 0 spiro atoms. The van der Waals surface area contributed by atoms with Crippen molar-refractivity contribution in [3.05, 3.63) is 11.9 Å². The highest BCUT2D eigenvalue weighted by molar-refractivity contribution is 5.92.